The van der Waals surface area contributed by atoms with Crippen molar-refractivity contribution in [3.8, 4) is 23.0 Å². The van der Waals surface area contributed by atoms with Crippen LogP contribution in [0, 0.1) is 0 Å². The van der Waals surface area contributed by atoms with E-state index in [0.717, 1.165) is 63.5 Å². The fourth-order valence-corrected chi connectivity index (χ4v) is 4.81. The van der Waals surface area contributed by atoms with Gasteiger partial charge in [0, 0.05) is 19.3 Å². The van der Waals surface area contributed by atoms with Gasteiger partial charge in [-0.05, 0) is 118 Å². The first-order valence-electron chi connectivity index (χ1n) is 18.0. The van der Waals surface area contributed by atoms with Gasteiger partial charge in [0.25, 0.3) is 0 Å². The van der Waals surface area contributed by atoms with Crippen LogP contribution in [-0.2, 0) is 28.5 Å². The third-order valence-corrected chi connectivity index (χ3v) is 7.72. The van der Waals surface area contributed by atoms with Gasteiger partial charge in [-0.3, -0.25) is 0 Å². The second-order valence-electron chi connectivity index (χ2n) is 11.9. The van der Waals surface area contributed by atoms with Crippen molar-refractivity contribution in [1.82, 2.24) is 0 Å². The number of benzene rings is 3. The molecule has 55 heavy (non-hydrogen) atoms. The Morgan fingerprint density at radius 2 is 0.945 bits per heavy atom. The van der Waals surface area contributed by atoms with Crippen LogP contribution in [0.1, 0.15) is 82.4 Å². The van der Waals surface area contributed by atoms with E-state index < -0.39 is 29.8 Å². The number of carbonyl (C=O) groups is 5. The fraction of sp³-hybridized carbons (Fsp3) is 0.357. The van der Waals surface area contributed by atoms with Crippen LogP contribution < -0.4 is 18.9 Å². The second-order valence-corrected chi connectivity index (χ2v) is 11.9. The van der Waals surface area contributed by atoms with Gasteiger partial charge in [-0.25, -0.2) is 24.0 Å². The summed E-state index contributed by atoms with van der Waals surface area (Å²) in [6.45, 7) is 8.47. The van der Waals surface area contributed by atoms with E-state index in [4.69, 9.17) is 37.9 Å². The molecule has 3 aromatic carbocycles. The third kappa shape index (κ3) is 16.7. The van der Waals surface area contributed by atoms with E-state index in [0.29, 0.717) is 37.9 Å². The summed E-state index contributed by atoms with van der Waals surface area (Å²) in [5.74, 6) is -1.80. The number of ether oxygens (including phenoxy) is 8. The fourth-order valence-electron chi connectivity index (χ4n) is 4.81. The Balaban J connectivity index is 1.52. The van der Waals surface area contributed by atoms with Crippen LogP contribution in [0.15, 0.2) is 92.0 Å². The van der Waals surface area contributed by atoms with Crippen molar-refractivity contribution in [2.24, 2.45) is 0 Å². The highest BCUT2D eigenvalue weighted by molar-refractivity contribution is 6.04. The molecule has 0 heterocycles. The molecule has 0 radical (unpaired) electrons. The number of rotatable bonds is 26. The van der Waals surface area contributed by atoms with Gasteiger partial charge in [0.2, 0.25) is 0 Å². The van der Waals surface area contributed by atoms with Gasteiger partial charge in [-0.2, -0.15) is 0 Å². The molecule has 0 aliphatic rings. The summed E-state index contributed by atoms with van der Waals surface area (Å²) in [7, 11) is 1.46. The molecule has 0 N–H and O–H groups in total. The van der Waals surface area contributed by atoms with Crippen LogP contribution in [0.25, 0.3) is 0 Å². The molecule has 0 spiro atoms. The molecule has 0 aromatic heterocycles. The van der Waals surface area contributed by atoms with Crippen LogP contribution in [0.3, 0.4) is 0 Å². The lowest BCUT2D eigenvalue weighted by Crippen LogP contribution is -2.18. The lowest BCUT2D eigenvalue weighted by Gasteiger charge is -2.12. The first-order chi connectivity index (χ1) is 26.7. The smallest absolute Gasteiger partial charge is 0.344 e. The van der Waals surface area contributed by atoms with E-state index in [1.807, 2.05) is 0 Å². The number of esters is 5. The number of carbonyl (C=O) groups excluding carboxylic acids is 5. The monoisotopic (exact) mass is 760 g/mol. The van der Waals surface area contributed by atoms with E-state index in [1.165, 1.54) is 25.3 Å². The van der Waals surface area contributed by atoms with Crippen molar-refractivity contribution in [2.45, 2.75) is 51.4 Å². The first-order valence-corrected chi connectivity index (χ1v) is 18.0. The summed E-state index contributed by atoms with van der Waals surface area (Å²) in [5, 5.41) is 0. The predicted molar refractivity (Wildman–Crippen MR) is 202 cm³/mol. The Bertz CT molecular complexity index is 1700. The summed E-state index contributed by atoms with van der Waals surface area (Å²) >= 11 is 0. The zero-order chi connectivity index (χ0) is 39.7. The topological polar surface area (TPSA) is 159 Å². The molecule has 0 saturated heterocycles. The molecular formula is C42H48O13. The molecule has 0 aliphatic carbocycles. The average molecular weight is 761 g/mol. The van der Waals surface area contributed by atoms with Crippen molar-refractivity contribution >= 4 is 29.8 Å². The van der Waals surface area contributed by atoms with Gasteiger partial charge in [0.15, 0.2) is 0 Å². The van der Waals surface area contributed by atoms with Gasteiger partial charge < -0.3 is 37.9 Å². The largest absolute Gasteiger partial charge is 0.494 e. The molecular weight excluding hydrogens is 712 g/mol. The first kappa shape index (κ1) is 43.5. The Morgan fingerprint density at radius 1 is 0.473 bits per heavy atom. The molecule has 0 saturated carbocycles. The average Bonchev–Trinajstić information content (AvgIpc) is 3.20. The Morgan fingerprint density at radius 3 is 1.47 bits per heavy atom. The molecule has 0 amide bonds. The lowest BCUT2D eigenvalue weighted by molar-refractivity contribution is -0.138. The summed E-state index contributed by atoms with van der Waals surface area (Å²) < 4.78 is 42.7. The molecule has 0 fully saturated rings. The Kier molecular flexibility index (Phi) is 19.9. The standard InChI is InChI=1S/C42H48O13/c1-4-38(43)51-26-12-8-6-10-24-49-32-16-14-31(15-17-32)40(45)55-35-22-23-36(37(30-35)41(46)53-29-28-48-3)42(47)54-34-20-18-33(19-21-34)50-25-11-7-9-13-27-52-39(44)5-2/h4-5,14-23,30H,1-2,6-13,24-29H2,3H3. The van der Waals surface area contributed by atoms with Crippen molar-refractivity contribution < 1.29 is 61.9 Å². The molecule has 3 rings (SSSR count). The molecule has 0 unspecified atom stereocenters. The van der Waals surface area contributed by atoms with E-state index in [-0.39, 0.29) is 41.4 Å². The van der Waals surface area contributed by atoms with Crippen molar-refractivity contribution in [3.05, 3.63) is 109 Å². The quantitative estimate of drug-likeness (QED) is 0.0265. The molecule has 0 atom stereocenters. The summed E-state index contributed by atoms with van der Waals surface area (Å²) in [6.07, 6.45) is 9.00. The van der Waals surface area contributed by atoms with Crippen LogP contribution in [0.4, 0.5) is 0 Å². The van der Waals surface area contributed by atoms with Gasteiger partial charge in [-0.15, -0.1) is 0 Å². The van der Waals surface area contributed by atoms with E-state index in [9.17, 15) is 24.0 Å². The van der Waals surface area contributed by atoms with Crippen molar-refractivity contribution in [1.29, 1.82) is 0 Å². The van der Waals surface area contributed by atoms with Gasteiger partial charge in [0.05, 0.1) is 49.7 Å². The summed E-state index contributed by atoms with van der Waals surface area (Å²) in [4.78, 5) is 61.4. The highest BCUT2D eigenvalue weighted by Gasteiger charge is 2.22. The van der Waals surface area contributed by atoms with Crippen LogP contribution in [0.5, 0.6) is 23.0 Å². The zero-order valence-electron chi connectivity index (χ0n) is 31.1. The number of unbranched alkanes of at least 4 members (excludes halogenated alkanes) is 6. The van der Waals surface area contributed by atoms with Crippen molar-refractivity contribution in [2.75, 3.05) is 46.8 Å². The van der Waals surface area contributed by atoms with Crippen LogP contribution >= 0.6 is 0 Å². The minimum Gasteiger partial charge on any atom is -0.494 e. The van der Waals surface area contributed by atoms with Gasteiger partial charge in [0.1, 0.15) is 29.6 Å². The second kappa shape index (κ2) is 25.1. The highest BCUT2D eigenvalue weighted by Crippen LogP contribution is 2.24. The van der Waals surface area contributed by atoms with Gasteiger partial charge >= 0.3 is 29.8 Å². The maximum Gasteiger partial charge on any atom is 0.344 e. The zero-order valence-corrected chi connectivity index (χ0v) is 31.1. The van der Waals surface area contributed by atoms with Crippen LogP contribution in [0.2, 0.25) is 0 Å². The minimum atomic E-state index is -0.832. The van der Waals surface area contributed by atoms with Gasteiger partial charge in [-0.1, -0.05) is 13.2 Å². The van der Waals surface area contributed by atoms with E-state index in [2.05, 4.69) is 13.2 Å². The Hall–Kier alpha value is -5.95. The summed E-state index contributed by atoms with van der Waals surface area (Å²) in [6, 6.07) is 16.8. The number of hydrogen-bond donors (Lipinski definition) is 0. The third-order valence-electron chi connectivity index (χ3n) is 7.72. The predicted octanol–water partition coefficient (Wildman–Crippen LogP) is 7.27. The number of hydrogen-bond acceptors (Lipinski definition) is 13. The SMILES string of the molecule is C=CC(=O)OCCCCCCOc1ccc(OC(=O)c2ccc(OC(=O)c3ccc(OCCCCCCOC(=O)C=C)cc3)cc2C(=O)OCCOC)cc1. The molecule has 3 aromatic rings. The summed E-state index contributed by atoms with van der Waals surface area (Å²) in [5.41, 5.74) is -0.0171. The molecule has 0 aliphatic heterocycles. The molecule has 0 bridgehead atoms. The molecule has 13 heteroatoms. The Labute approximate surface area is 321 Å². The molecule has 294 valence electrons. The maximum absolute atomic E-state index is 13.2. The number of methoxy groups -OCH3 is 1. The van der Waals surface area contributed by atoms with Crippen molar-refractivity contribution in [3.63, 3.8) is 0 Å². The minimum absolute atomic E-state index is 0.0115. The van der Waals surface area contributed by atoms with E-state index in [1.54, 1.807) is 48.5 Å². The van der Waals surface area contributed by atoms with Crippen LogP contribution in [-0.4, -0.2) is 76.6 Å². The highest BCUT2D eigenvalue weighted by atomic mass is 16.6. The lowest BCUT2D eigenvalue weighted by atomic mass is 10.1. The maximum atomic E-state index is 13.2. The van der Waals surface area contributed by atoms with E-state index >= 15 is 0 Å². The molecule has 13 nitrogen and oxygen atoms in total. The normalized spacial score (nSPS) is 10.4.